The highest BCUT2D eigenvalue weighted by Gasteiger charge is 2.25. The Morgan fingerprint density at radius 1 is 1.12 bits per heavy atom. The van der Waals surface area contributed by atoms with Crippen LogP contribution in [-0.2, 0) is 4.79 Å². The summed E-state index contributed by atoms with van der Waals surface area (Å²) in [6.45, 7) is 6.20. The largest absolute Gasteiger partial charge is 0.294 e. The highest BCUT2D eigenvalue weighted by Crippen LogP contribution is 2.30. The molecule has 0 heterocycles. The predicted octanol–water partition coefficient (Wildman–Crippen LogP) is 3.09. The number of Topliss-reactive ketones (excluding diaryl/α,β-unsaturated/α-hetero) is 1. The zero-order chi connectivity index (χ0) is 13.3. The van der Waals surface area contributed by atoms with Crippen LogP contribution in [0.2, 0.25) is 0 Å². The number of hydrogen-bond donors (Lipinski definition) is 0. The van der Waals surface area contributed by atoms with Crippen molar-refractivity contribution in [2.75, 3.05) is 0 Å². The summed E-state index contributed by atoms with van der Waals surface area (Å²) in [5, 5.41) is 0. The van der Waals surface area contributed by atoms with Crippen LogP contribution in [0.5, 0.6) is 0 Å². The number of aldehydes is 1. The van der Waals surface area contributed by atoms with Crippen molar-refractivity contribution in [2.45, 2.75) is 33.6 Å². The lowest BCUT2D eigenvalue weighted by Gasteiger charge is -2.17. The Hall–Kier alpha value is -1.58. The molecule has 0 aromatic heterocycles. The van der Waals surface area contributed by atoms with Crippen LogP contribution in [0.4, 0.5) is 8.78 Å². The monoisotopic (exact) mass is 240 g/mol. The third kappa shape index (κ3) is 2.12. The molecule has 0 saturated heterocycles. The molecule has 0 fully saturated rings. The van der Waals surface area contributed by atoms with E-state index >= 15 is 0 Å². The standard InChI is InChI=1S/C13H14F2O2/c1-6(2)10-11(9(17)5-16)7(3)8(4)12(14)13(10)15/h5-6H,1-4H3. The molecule has 2 nitrogen and oxygen atoms in total. The third-order valence-corrected chi connectivity index (χ3v) is 2.90. The molecule has 92 valence electrons. The average molecular weight is 240 g/mol. The highest BCUT2D eigenvalue weighted by atomic mass is 19.2. The first-order valence-electron chi connectivity index (χ1n) is 5.30. The number of rotatable bonds is 3. The van der Waals surface area contributed by atoms with Crippen molar-refractivity contribution < 1.29 is 18.4 Å². The number of hydrogen-bond acceptors (Lipinski definition) is 2. The van der Waals surface area contributed by atoms with Gasteiger partial charge in [0.25, 0.3) is 0 Å². The first-order valence-corrected chi connectivity index (χ1v) is 5.30. The lowest BCUT2D eigenvalue weighted by atomic mass is 9.88. The van der Waals surface area contributed by atoms with Gasteiger partial charge in [0.15, 0.2) is 17.9 Å². The Morgan fingerprint density at radius 2 is 1.65 bits per heavy atom. The molecule has 17 heavy (non-hydrogen) atoms. The molecule has 0 aliphatic carbocycles. The second-order valence-electron chi connectivity index (χ2n) is 4.30. The van der Waals surface area contributed by atoms with E-state index in [0.29, 0.717) is 5.56 Å². The molecular formula is C13H14F2O2. The molecule has 0 saturated carbocycles. The zero-order valence-electron chi connectivity index (χ0n) is 10.2. The average Bonchev–Trinajstić information content (AvgIpc) is 2.29. The third-order valence-electron chi connectivity index (χ3n) is 2.90. The van der Waals surface area contributed by atoms with Crippen molar-refractivity contribution in [3.05, 3.63) is 33.9 Å². The topological polar surface area (TPSA) is 34.1 Å². The smallest absolute Gasteiger partial charge is 0.226 e. The molecule has 4 heteroatoms. The Balaban J connectivity index is 3.78. The number of halogens is 2. The summed E-state index contributed by atoms with van der Waals surface area (Å²) in [6, 6.07) is 0. The Morgan fingerprint density at radius 3 is 2.06 bits per heavy atom. The van der Waals surface area contributed by atoms with Gasteiger partial charge in [0.05, 0.1) is 0 Å². The van der Waals surface area contributed by atoms with E-state index in [9.17, 15) is 18.4 Å². The van der Waals surface area contributed by atoms with Gasteiger partial charge in [0.2, 0.25) is 5.78 Å². The van der Waals surface area contributed by atoms with Crippen molar-refractivity contribution in [3.63, 3.8) is 0 Å². The molecule has 0 aliphatic rings. The van der Waals surface area contributed by atoms with Gasteiger partial charge in [-0.1, -0.05) is 13.8 Å². The van der Waals surface area contributed by atoms with Gasteiger partial charge in [0, 0.05) is 11.1 Å². The maximum atomic E-state index is 13.8. The van der Waals surface area contributed by atoms with Crippen molar-refractivity contribution >= 4 is 12.1 Å². The van der Waals surface area contributed by atoms with Gasteiger partial charge in [-0.25, -0.2) is 8.78 Å². The summed E-state index contributed by atoms with van der Waals surface area (Å²) in [4.78, 5) is 22.1. The van der Waals surface area contributed by atoms with Crippen LogP contribution in [0.3, 0.4) is 0 Å². The molecule has 0 unspecified atom stereocenters. The summed E-state index contributed by atoms with van der Waals surface area (Å²) in [6.07, 6.45) is 0.130. The fraction of sp³-hybridized carbons (Fsp3) is 0.385. The normalized spacial score (nSPS) is 10.8. The molecule has 0 radical (unpaired) electrons. The van der Waals surface area contributed by atoms with Gasteiger partial charge in [-0.15, -0.1) is 0 Å². The molecule has 1 rings (SSSR count). The van der Waals surface area contributed by atoms with E-state index in [1.165, 1.54) is 13.8 Å². The van der Waals surface area contributed by atoms with Crippen LogP contribution in [0.15, 0.2) is 0 Å². The molecule has 0 amide bonds. The van der Waals surface area contributed by atoms with Gasteiger partial charge >= 0.3 is 0 Å². The maximum absolute atomic E-state index is 13.8. The van der Waals surface area contributed by atoms with E-state index in [-0.39, 0.29) is 28.9 Å². The van der Waals surface area contributed by atoms with Crippen LogP contribution in [-0.4, -0.2) is 12.1 Å². The van der Waals surface area contributed by atoms with E-state index in [0.717, 1.165) is 0 Å². The van der Waals surface area contributed by atoms with E-state index in [4.69, 9.17) is 0 Å². The van der Waals surface area contributed by atoms with Gasteiger partial charge in [0.1, 0.15) is 0 Å². The Labute approximate surface area is 98.6 Å². The molecule has 1 aromatic carbocycles. The quantitative estimate of drug-likeness (QED) is 0.462. The predicted molar refractivity (Wildman–Crippen MR) is 60.3 cm³/mol. The summed E-state index contributed by atoms with van der Waals surface area (Å²) < 4.78 is 27.4. The van der Waals surface area contributed by atoms with Crippen molar-refractivity contribution in [1.82, 2.24) is 0 Å². The SMILES string of the molecule is Cc1c(C)c(C(=O)C=O)c(C(C)C)c(F)c1F. The second kappa shape index (κ2) is 4.73. The molecule has 0 spiro atoms. The van der Waals surface area contributed by atoms with E-state index < -0.39 is 17.4 Å². The van der Waals surface area contributed by atoms with Gasteiger partial charge in [-0.05, 0) is 30.9 Å². The first-order chi connectivity index (χ1) is 7.82. The number of carbonyl (C=O) groups is 2. The van der Waals surface area contributed by atoms with Crippen molar-refractivity contribution in [1.29, 1.82) is 0 Å². The minimum atomic E-state index is -1.03. The van der Waals surface area contributed by atoms with Gasteiger partial charge in [-0.3, -0.25) is 9.59 Å². The van der Waals surface area contributed by atoms with Crippen LogP contribution < -0.4 is 0 Å². The van der Waals surface area contributed by atoms with Crippen LogP contribution >= 0.6 is 0 Å². The Bertz CT molecular complexity index is 491. The van der Waals surface area contributed by atoms with Crippen LogP contribution in [0, 0.1) is 25.5 Å². The van der Waals surface area contributed by atoms with Crippen LogP contribution in [0.25, 0.3) is 0 Å². The van der Waals surface area contributed by atoms with Crippen molar-refractivity contribution in [2.24, 2.45) is 0 Å². The Kier molecular flexibility index (Phi) is 3.76. The van der Waals surface area contributed by atoms with Crippen molar-refractivity contribution in [3.8, 4) is 0 Å². The lowest BCUT2D eigenvalue weighted by Crippen LogP contribution is -2.14. The van der Waals surface area contributed by atoms with E-state index in [1.807, 2.05) is 0 Å². The second-order valence-corrected chi connectivity index (χ2v) is 4.30. The molecule has 0 bridgehead atoms. The lowest BCUT2D eigenvalue weighted by molar-refractivity contribution is -0.104. The number of ketones is 1. The maximum Gasteiger partial charge on any atom is 0.226 e. The van der Waals surface area contributed by atoms with Gasteiger partial charge in [-0.2, -0.15) is 0 Å². The van der Waals surface area contributed by atoms with Crippen LogP contribution in [0.1, 0.15) is 46.8 Å². The minimum Gasteiger partial charge on any atom is -0.294 e. The summed E-state index contributed by atoms with van der Waals surface area (Å²) in [5.41, 5.74) is 0.357. The molecule has 0 atom stereocenters. The molecule has 0 N–H and O–H groups in total. The first kappa shape index (κ1) is 13.5. The number of carbonyl (C=O) groups excluding carboxylic acids is 2. The van der Waals surface area contributed by atoms with E-state index in [1.54, 1.807) is 13.8 Å². The van der Waals surface area contributed by atoms with E-state index in [2.05, 4.69) is 0 Å². The number of benzene rings is 1. The fourth-order valence-corrected chi connectivity index (χ4v) is 1.87. The molecule has 1 aromatic rings. The fourth-order valence-electron chi connectivity index (χ4n) is 1.87. The minimum absolute atomic E-state index is 0.00796. The summed E-state index contributed by atoms with van der Waals surface area (Å²) in [5.74, 6) is -3.17. The summed E-state index contributed by atoms with van der Waals surface area (Å²) in [7, 11) is 0. The summed E-state index contributed by atoms with van der Waals surface area (Å²) >= 11 is 0. The molecular weight excluding hydrogens is 226 g/mol. The van der Waals surface area contributed by atoms with Gasteiger partial charge < -0.3 is 0 Å². The highest BCUT2D eigenvalue weighted by molar-refractivity contribution is 6.34. The zero-order valence-corrected chi connectivity index (χ0v) is 10.2. The molecule has 0 aliphatic heterocycles.